The van der Waals surface area contributed by atoms with Crippen molar-refractivity contribution in [2.45, 2.75) is 0 Å². The predicted molar refractivity (Wildman–Crippen MR) is 80.0 cm³/mol. The number of nitriles is 1. The minimum Gasteiger partial charge on any atom is -0.454 e. The molecule has 0 saturated carbocycles. The third-order valence-electron chi connectivity index (χ3n) is 2.74. The summed E-state index contributed by atoms with van der Waals surface area (Å²) in [6, 6.07) is 9.82. The zero-order chi connectivity index (χ0) is 13.2. The summed E-state index contributed by atoms with van der Waals surface area (Å²) in [5.74, 6) is 1.27. The van der Waals surface area contributed by atoms with Gasteiger partial charge in [0.15, 0.2) is 5.75 Å². The number of H-pyrrole nitrogens is 1. The summed E-state index contributed by atoms with van der Waals surface area (Å²) in [5.41, 5.74) is 1.43. The maximum atomic E-state index is 9.11. The van der Waals surface area contributed by atoms with Crippen molar-refractivity contribution in [2.24, 2.45) is 0 Å². The lowest BCUT2D eigenvalue weighted by Gasteiger charge is -2.09. The van der Waals surface area contributed by atoms with Crippen LogP contribution in [0.5, 0.6) is 11.5 Å². The maximum Gasteiger partial charge on any atom is 0.161 e. The average molecular weight is 361 g/mol. The Bertz CT molecular complexity index is 789. The zero-order valence-electron chi connectivity index (χ0n) is 9.72. The lowest BCUT2D eigenvalue weighted by atomic mass is 10.2. The van der Waals surface area contributed by atoms with E-state index in [0.29, 0.717) is 11.3 Å². The molecule has 0 fully saturated rings. The molecule has 1 aromatic carbocycles. The fourth-order valence-electron chi connectivity index (χ4n) is 1.86. The van der Waals surface area contributed by atoms with Crippen LogP contribution in [0.4, 0.5) is 0 Å². The summed E-state index contributed by atoms with van der Waals surface area (Å²) in [6.45, 7) is 0. The van der Waals surface area contributed by atoms with Crippen LogP contribution >= 0.6 is 22.6 Å². The van der Waals surface area contributed by atoms with E-state index in [2.05, 4.69) is 38.6 Å². The standard InChI is InChI=1S/C14H8IN3O/c15-11-8-17-7-9(6-16)14(11)19-13-3-1-2-12-10(13)4-5-18-12/h1-5,7-8,18H. The molecule has 0 aliphatic rings. The number of ether oxygens (including phenoxy) is 1. The minimum atomic E-state index is 0.430. The Morgan fingerprint density at radius 1 is 1.26 bits per heavy atom. The molecular weight excluding hydrogens is 353 g/mol. The van der Waals surface area contributed by atoms with E-state index >= 15 is 0 Å². The fraction of sp³-hybridized carbons (Fsp3) is 0. The monoisotopic (exact) mass is 361 g/mol. The molecule has 4 nitrogen and oxygen atoms in total. The predicted octanol–water partition coefficient (Wildman–Crippen LogP) is 3.83. The first kappa shape index (κ1) is 12.0. The Labute approximate surface area is 123 Å². The van der Waals surface area contributed by atoms with Crippen molar-refractivity contribution in [1.82, 2.24) is 9.97 Å². The molecule has 0 aliphatic carbocycles. The zero-order valence-corrected chi connectivity index (χ0v) is 11.9. The smallest absolute Gasteiger partial charge is 0.161 e. The van der Waals surface area contributed by atoms with E-state index in [-0.39, 0.29) is 0 Å². The molecule has 5 heteroatoms. The van der Waals surface area contributed by atoms with Crippen molar-refractivity contribution in [3.05, 3.63) is 52.0 Å². The molecule has 92 valence electrons. The van der Waals surface area contributed by atoms with Crippen LogP contribution in [0.2, 0.25) is 0 Å². The summed E-state index contributed by atoms with van der Waals surface area (Å²) in [7, 11) is 0. The van der Waals surface area contributed by atoms with Crippen molar-refractivity contribution in [3.63, 3.8) is 0 Å². The summed E-state index contributed by atoms with van der Waals surface area (Å²) in [6.07, 6.45) is 5.04. The van der Waals surface area contributed by atoms with Gasteiger partial charge in [-0.1, -0.05) is 6.07 Å². The summed E-state index contributed by atoms with van der Waals surface area (Å²) < 4.78 is 6.72. The molecule has 0 bridgehead atoms. The van der Waals surface area contributed by atoms with Gasteiger partial charge in [0.1, 0.15) is 17.4 Å². The Balaban J connectivity index is 2.12. The number of hydrogen-bond acceptors (Lipinski definition) is 3. The van der Waals surface area contributed by atoms with Crippen LogP contribution in [0.25, 0.3) is 10.9 Å². The van der Waals surface area contributed by atoms with Gasteiger partial charge in [0.25, 0.3) is 0 Å². The van der Waals surface area contributed by atoms with Crippen LogP contribution in [-0.4, -0.2) is 9.97 Å². The molecular formula is C14H8IN3O. The molecule has 0 radical (unpaired) electrons. The Hall–Kier alpha value is -2.07. The molecule has 0 aliphatic heterocycles. The SMILES string of the molecule is N#Cc1cncc(I)c1Oc1cccc2[nH]ccc12. The van der Waals surface area contributed by atoms with Crippen LogP contribution in [0, 0.1) is 14.9 Å². The Morgan fingerprint density at radius 2 is 2.16 bits per heavy atom. The van der Waals surface area contributed by atoms with E-state index in [1.54, 1.807) is 6.20 Å². The third kappa shape index (κ3) is 2.15. The summed E-state index contributed by atoms with van der Waals surface area (Å²) >= 11 is 2.11. The van der Waals surface area contributed by atoms with Gasteiger partial charge in [0.05, 0.1) is 3.57 Å². The topological polar surface area (TPSA) is 61.7 Å². The molecule has 0 unspecified atom stereocenters. The van der Waals surface area contributed by atoms with Gasteiger partial charge in [0, 0.05) is 29.5 Å². The van der Waals surface area contributed by atoms with E-state index in [1.165, 1.54) is 6.20 Å². The summed E-state index contributed by atoms with van der Waals surface area (Å²) in [4.78, 5) is 7.12. The quantitative estimate of drug-likeness (QED) is 0.706. The van der Waals surface area contributed by atoms with E-state index in [1.807, 2.05) is 30.5 Å². The van der Waals surface area contributed by atoms with Gasteiger partial charge >= 0.3 is 0 Å². The molecule has 0 spiro atoms. The van der Waals surface area contributed by atoms with Crippen molar-refractivity contribution >= 4 is 33.5 Å². The largest absolute Gasteiger partial charge is 0.454 e. The second-order valence-corrected chi connectivity index (χ2v) is 5.07. The number of nitrogens with zero attached hydrogens (tertiary/aromatic N) is 2. The first-order chi connectivity index (χ1) is 9.29. The van der Waals surface area contributed by atoms with E-state index in [0.717, 1.165) is 20.2 Å². The van der Waals surface area contributed by atoms with Crippen LogP contribution in [0.15, 0.2) is 42.9 Å². The number of benzene rings is 1. The second kappa shape index (κ2) is 4.90. The van der Waals surface area contributed by atoms with Gasteiger partial charge in [-0.3, -0.25) is 4.98 Å². The van der Waals surface area contributed by atoms with Gasteiger partial charge < -0.3 is 9.72 Å². The molecule has 19 heavy (non-hydrogen) atoms. The highest BCUT2D eigenvalue weighted by Crippen LogP contribution is 2.33. The number of nitrogens with one attached hydrogen (secondary N) is 1. The number of halogens is 1. The highest BCUT2D eigenvalue weighted by atomic mass is 127. The third-order valence-corrected chi connectivity index (χ3v) is 3.51. The lowest BCUT2D eigenvalue weighted by molar-refractivity contribution is 0.482. The van der Waals surface area contributed by atoms with Crippen molar-refractivity contribution in [3.8, 4) is 17.6 Å². The van der Waals surface area contributed by atoms with Crippen LogP contribution in [0.1, 0.15) is 5.56 Å². The summed E-state index contributed by atoms with van der Waals surface area (Å²) in [5, 5.41) is 10.1. The molecule has 0 atom stereocenters. The lowest BCUT2D eigenvalue weighted by Crippen LogP contribution is -1.93. The highest BCUT2D eigenvalue weighted by molar-refractivity contribution is 14.1. The molecule has 3 rings (SSSR count). The fourth-order valence-corrected chi connectivity index (χ4v) is 2.42. The number of pyridine rings is 1. The number of rotatable bonds is 2. The van der Waals surface area contributed by atoms with Crippen molar-refractivity contribution < 1.29 is 4.74 Å². The van der Waals surface area contributed by atoms with Crippen molar-refractivity contribution in [2.75, 3.05) is 0 Å². The van der Waals surface area contributed by atoms with E-state index in [9.17, 15) is 0 Å². The Kier molecular flexibility index (Phi) is 3.09. The first-order valence-corrected chi connectivity index (χ1v) is 6.65. The minimum absolute atomic E-state index is 0.430. The van der Waals surface area contributed by atoms with Crippen LogP contribution < -0.4 is 4.74 Å². The van der Waals surface area contributed by atoms with Crippen LogP contribution in [-0.2, 0) is 0 Å². The molecule has 0 saturated heterocycles. The number of aromatic amines is 1. The molecule has 1 N–H and O–H groups in total. The van der Waals surface area contributed by atoms with Gasteiger partial charge in [0.2, 0.25) is 0 Å². The van der Waals surface area contributed by atoms with Crippen LogP contribution in [0.3, 0.4) is 0 Å². The second-order valence-electron chi connectivity index (χ2n) is 3.91. The van der Waals surface area contributed by atoms with E-state index in [4.69, 9.17) is 10.00 Å². The van der Waals surface area contributed by atoms with Gasteiger partial charge in [-0.2, -0.15) is 5.26 Å². The molecule has 3 aromatic rings. The molecule has 2 heterocycles. The number of aromatic nitrogens is 2. The Morgan fingerprint density at radius 3 is 3.00 bits per heavy atom. The first-order valence-electron chi connectivity index (χ1n) is 5.57. The number of hydrogen-bond donors (Lipinski definition) is 1. The van der Waals surface area contributed by atoms with Gasteiger partial charge in [-0.25, -0.2) is 0 Å². The maximum absolute atomic E-state index is 9.11. The molecule has 2 aromatic heterocycles. The average Bonchev–Trinajstić information content (AvgIpc) is 2.90. The van der Waals surface area contributed by atoms with Gasteiger partial charge in [-0.15, -0.1) is 0 Å². The highest BCUT2D eigenvalue weighted by Gasteiger charge is 2.11. The number of fused-ring (bicyclic) bond motifs is 1. The van der Waals surface area contributed by atoms with Crippen molar-refractivity contribution in [1.29, 1.82) is 5.26 Å². The normalized spacial score (nSPS) is 10.3. The molecule has 0 amide bonds. The van der Waals surface area contributed by atoms with Gasteiger partial charge in [-0.05, 0) is 40.8 Å². The van der Waals surface area contributed by atoms with E-state index < -0.39 is 0 Å².